The second-order valence-electron chi connectivity index (χ2n) is 8.81. The molecule has 37 heavy (non-hydrogen) atoms. The number of sulfonamides is 1. The van der Waals surface area contributed by atoms with E-state index in [1.165, 1.54) is 12.1 Å². The molecule has 0 spiro atoms. The monoisotopic (exact) mass is 520 g/mol. The fraction of sp³-hybridized carbons (Fsp3) is 0.222. The fourth-order valence-corrected chi connectivity index (χ4v) is 4.62. The maximum atomic E-state index is 12.7. The van der Waals surface area contributed by atoms with Crippen LogP contribution in [0.5, 0.6) is 5.75 Å². The molecule has 0 unspecified atom stereocenters. The lowest BCUT2D eigenvalue weighted by atomic mass is 10.1. The summed E-state index contributed by atoms with van der Waals surface area (Å²) in [7, 11) is -3.75. The van der Waals surface area contributed by atoms with E-state index in [1.54, 1.807) is 55.5 Å². The quantitative estimate of drug-likeness (QED) is 0.304. The number of aryl methyl sites for hydroxylation is 1. The van der Waals surface area contributed by atoms with Gasteiger partial charge in [-0.25, -0.2) is 8.42 Å². The minimum absolute atomic E-state index is 0.104. The van der Waals surface area contributed by atoms with Crippen LogP contribution in [-0.2, 0) is 21.2 Å². The lowest BCUT2D eigenvalue weighted by Gasteiger charge is -2.12. The molecule has 0 radical (unpaired) electrons. The van der Waals surface area contributed by atoms with Crippen molar-refractivity contribution in [2.45, 2.75) is 38.0 Å². The highest BCUT2D eigenvalue weighted by molar-refractivity contribution is 7.92. The van der Waals surface area contributed by atoms with E-state index in [4.69, 9.17) is 9.26 Å². The molecule has 3 aromatic carbocycles. The van der Waals surface area contributed by atoms with Crippen LogP contribution in [0.3, 0.4) is 0 Å². The van der Waals surface area contributed by atoms with Gasteiger partial charge in [0.25, 0.3) is 15.9 Å². The predicted molar refractivity (Wildman–Crippen MR) is 140 cm³/mol. The van der Waals surface area contributed by atoms with Crippen molar-refractivity contribution < 1.29 is 22.5 Å². The predicted octanol–water partition coefficient (Wildman–Crippen LogP) is 4.91. The highest BCUT2D eigenvalue weighted by Gasteiger charge is 2.16. The topological polar surface area (TPSA) is 123 Å². The van der Waals surface area contributed by atoms with Gasteiger partial charge in [0.05, 0.1) is 4.90 Å². The number of hydrogen-bond acceptors (Lipinski definition) is 7. The highest BCUT2D eigenvalue weighted by Crippen LogP contribution is 2.24. The van der Waals surface area contributed by atoms with E-state index in [2.05, 4.69) is 20.2 Å². The zero-order valence-electron chi connectivity index (χ0n) is 20.8. The number of carbonyl (C=O) groups is 1. The van der Waals surface area contributed by atoms with Crippen molar-refractivity contribution in [3.8, 4) is 5.75 Å². The molecule has 0 atom stereocenters. The highest BCUT2D eigenvalue weighted by atomic mass is 32.2. The first-order valence-electron chi connectivity index (χ1n) is 11.7. The molecule has 4 rings (SSSR count). The number of carbonyl (C=O) groups excluding carboxylic acids is 1. The van der Waals surface area contributed by atoms with Gasteiger partial charge < -0.3 is 14.6 Å². The van der Waals surface area contributed by atoms with Gasteiger partial charge in [0.15, 0.2) is 12.4 Å². The van der Waals surface area contributed by atoms with E-state index in [0.29, 0.717) is 40.8 Å². The van der Waals surface area contributed by atoms with Gasteiger partial charge in [-0.1, -0.05) is 49.3 Å². The molecule has 1 aromatic heterocycles. The number of nitrogens with one attached hydrogen (secondary N) is 2. The maximum Gasteiger partial charge on any atom is 0.262 e. The van der Waals surface area contributed by atoms with Gasteiger partial charge in [-0.2, -0.15) is 4.98 Å². The van der Waals surface area contributed by atoms with Gasteiger partial charge in [0.1, 0.15) is 5.75 Å². The number of ether oxygens (including phenoxy) is 1. The second kappa shape index (κ2) is 11.3. The van der Waals surface area contributed by atoms with Gasteiger partial charge >= 0.3 is 0 Å². The van der Waals surface area contributed by atoms with Crippen molar-refractivity contribution in [3.63, 3.8) is 0 Å². The van der Waals surface area contributed by atoms with Crippen molar-refractivity contribution in [1.82, 2.24) is 10.1 Å². The molecular formula is C27H28N4O5S. The van der Waals surface area contributed by atoms with Crippen LogP contribution in [0.25, 0.3) is 0 Å². The Morgan fingerprint density at radius 1 is 1.00 bits per heavy atom. The molecule has 9 nitrogen and oxygen atoms in total. The summed E-state index contributed by atoms with van der Waals surface area (Å²) in [5.74, 6) is 1.47. The van der Waals surface area contributed by atoms with Gasteiger partial charge in [-0.15, -0.1) is 0 Å². The average Bonchev–Trinajstić information content (AvgIpc) is 3.34. The SMILES string of the molecule is Cc1cc(S(=O)(=O)Nc2ccccc2)ccc1OCC(=O)Nc1ccc(Cc2noc(C(C)C)n2)cc1. The maximum absolute atomic E-state index is 12.7. The molecule has 4 aromatic rings. The summed E-state index contributed by atoms with van der Waals surface area (Å²) >= 11 is 0. The average molecular weight is 521 g/mol. The Labute approximate surface area is 215 Å². The van der Waals surface area contributed by atoms with Crippen LogP contribution in [0.2, 0.25) is 0 Å². The van der Waals surface area contributed by atoms with Crippen molar-refractivity contribution in [2.75, 3.05) is 16.6 Å². The summed E-state index contributed by atoms with van der Waals surface area (Å²) in [6.45, 7) is 5.48. The van der Waals surface area contributed by atoms with Crippen molar-refractivity contribution in [3.05, 3.63) is 95.6 Å². The molecule has 0 aliphatic heterocycles. The van der Waals surface area contributed by atoms with Crippen LogP contribution in [0.15, 0.2) is 82.2 Å². The third kappa shape index (κ3) is 6.95. The molecule has 0 saturated carbocycles. The number of rotatable bonds is 10. The van der Waals surface area contributed by atoms with Crippen molar-refractivity contribution in [2.24, 2.45) is 0 Å². The number of amides is 1. The summed E-state index contributed by atoms with van der Waals surface area (Å²) in [5, 5.41) is 6.78. The van der Waals surface area contributed by atoms with E-state index in [1.807, 2.05) is 26.0 Å². The Morgan fingerprint density at radius 3 is 2.38 bits per heavy atom. The normalized spacial score (nSPS) is 11.4. The molecule has 0 aliphatic carbocycles. The Bertz CT molecular complexity index is 1470. The molecule has 2 N–H and O–H groups in total. The van der Waals surface area contributed by atoms with Crippen LogP contribution in [0.1, 0.15) is 42.6 Å². The molecular weight excluding hydrogens is 492 g/mol. The lowest BCUT2D eigenvalue weighted by molar-refractivity contribution is -0.118. The summed E-state index contributed by atoms with van der Waals surface area (Å²) in [6, 6.07) is 20.5. The molecule has 192 valence electrons. The van der Waals surface area contributed by atoms with Crippen LogP contribution < -0.4 is 14.8 Å². The summed E-state index contributed by atoms with van der Waals surface area (Å²) in [6.07, 6.45) is 0.527. The van der Waals surface area contributed by atoms with E-state index in [-0.39, 0.29) is 23.3 Å². The van der Waals surface area contributed by atoms with E-state index < -0.39 is 10.0 Å². The van der Waals surface area contributed by atoms with Crippen LogP contribution in [0.4, 0.5) is 11.4 Å². The molecule has 0 aliphatic rings. The van der Waals surface area contributed by atoms with Crippen LogP contribution in [0, 0.1) is 6.92 Å². The zero-order valence-corrected chi connectivity index (χ0v) is 21.6. The Balaban J connectivity index is 1.30. The minimum Gasteiger partial charge on any atom is -0.483 e. The first kappa shape index (κ1) is 25.9. The Kier molecular flexibility index (Phi) is 7.88. The molecule has 0 fully saturated rings. The van der Waals surface area contributed by atoms with Gasteiger partial charge in [0, 0.05) is 23.7 Å². The number of aromatic nitrogens is 2. The van der Waals surface area contributed by atoms with E-state index in [0.717, 1.165) is 5.56 Å². The molecule has 1 heterocycles. The first-order chi connectivity index (χ1) is 17.7. The summed E-state index contributed by atoms with van der Waals surface area (Å²) < 4.78 is 38.7. The lowest BCUT2D eigenvalue weighted by Crippen LogP contribution is -2.20. The largest absolute Gasteiger partial charge is 0.483 e. The van der Waals surface area contributed by atoms with Crippen LogP contribution >= 0.6 is 0 Å². The molecule has 10 heteroatoms. The van der Waals surface area contributed by atoms with Crippen molar-refractivity contribution >= 4 is 27.3 Å². The number of nitrogens with zero attached hydrogens (tertiary/aromatic N) is 2. The number of para-hydroxylation sites is 1. The number of benzene rings is 3. The smallest absolute Gasteiger partial charge is 0.262 e. The standard InChI is InChI=1S/C27H28N4O5S/c1-18(2)27-29-25(30-36-27)16-20-9-11-21(12-10-20)28-26(32)17-35-24-14-13-23(15-19(24)3)37(33,34)31-22-7-5-4-6-8-22/h4-15,18,31H,16-17H2,1-3H3,(H,28,32). The van der Waals surface area contributed by atoms with E-state index in [9.17, 15) is 13.2 Å². The number of anilines is 2. The third-order valence-corrected chi connectivity index (χ3v) is 6.80. The minimum atomic E-state index is -3.75. The Hall–Kier alpha value is -4.18. The molecule has 0 saturated heterocycles. The number of hydrogen-bond donors (Lipinski definition) is 2. The Morgan fingerprint density at radius 2 is 1.73 bits per heavy atom. The summed E-state index contributed by atoms with van der Waals surface area (Å²) in [4.78, 5) is 16.9. The molecule has 0 bridgehead atoms. The van der Waals surface area contributed by atoms with Gasteiger partial charge in [-0.05, 0) is 60.5 Å². The van der Waals surface area contributed by atoms with Crippen molar-refractivity contribution in [1.29, 1.82) is 0 Å². The second-order valence-corrected chi connectivity index (χ2v) is 10.5. The van der Waals surface area contributed by atoms with E-state index >= 15 is 0 Å². The van der Waals surface area contributed by atoms with Gasteiger partial charge in [0.2, 0.25) is 5.89 Å². The fourth-order valence-electron chi connectivity index (χ4n) is 3.47. The van der Waals surface area contributed by atoms with Crippen LogP contribution in [-0.4, -0.2) is 31.1 Å². The first-order valence-corrected chi connectivity index (χ1v) is 13.2. The summed E-state index contributed by atoms with van der Waals surface area (Å²) in [5.41, 5.74) is 2.67. The third-order valence-electron chi connectivity index (χ3n) is 5.42. The van der Waals surface area contributed by atoms with Gasteiger partial charge in [-0.3, -0.25) is 9.52 Å². The zero-order chi connectivity index (χ0) is 26.4. The molecule has 1 amide bonds.